The first-order valence-corrected chi connectivity index (χ1v) is 6.06. The molecule has 0 spiro atoms. The van der Waals surface area contributed by atoms with Crippen LogP contribution in [0.4, 0.5) is 0 Å². The predicted octanol–water partition coefficient (Wildman–Crippen LogP) is 3.45. The summed E-state index contributed by atoms with van der Waals surface area (Å²) in [5, 5.41) is 0. The van der Waals surface area contributed by atoms with Crippen LogP contribution in [0.2, 0.25) is 0 Å². The summed E-state index contributed by atoms with van der Waals surface area (Å²) < 4.78 is 11.2. The van der Waals surface area contributed by atoms with Gasteiger partial charge in [0.05, 0.1) is 5.57 Å². The van der Waals surface area contributed by atoms with Gasteiger partial charge in [0.1, 0.15) is 13.2 Å². The van der Waals surface area contributed by atoms with E-state index in [-0.39, 0.29) is 0 Å². The predicted molar refractivity (Wildman–Crippen MR) is 70.8 cm³/mol. The summed E-state index contributed by atoms with van der Waals surface area (Å²) in [6, 6.07) is 20.4. The SMILES string of the molecule is c1ccc(C(=C2OCCO2)c2ccccc2)cc1. The normalized spacial score (nSPS) is 13.9. The van der Waals surface area contributed by atoms with Crippen LogP contribution in [0.25, 0.3) is 5.57 Å². The Morgan fingerprint density at radius 2 is 1.11 bits per heavy atom. The molecule has 2 aromatic rings. The fourth-order valence-electron chi connectivity index (χ4n) is 2.07. The van der Waals surface area contributed by atoms with Gasteiger partial charge in [0.2, 0.25) is 0 Å². The Kier molecular flexibility index (Phi) is 3.01. The van der Waals surface area contributed by atoms with E-state index in [1.165, 1.54) is 0 Å². The molecule has 90 valence electrons. The first-order chi connectivity index (χ1) is 8.95. The molecule has 2 heteroatoms. The van der Waals surface area contributed by atoms with Crippen molar-refractivity contribution in [1.82, 2.24) is 0 Å². The van der Waals surface area contributed by atoms with Crippen molar-refractivity contribution in [2.24, 2.45) is 0 Å². The lowest BCUT2D eigenvalue weighted by atomic mass is 9.99. The van der Waals surface area contributed by atoms with Crippen LogP contribution in [0.1, 0.15) is 11.1 Å². The van der Waals surface area contributed by atoms with Gasteiger partial charge < -0.3 is 9.47 Å². The van der Waals surface area contributed by atoms with Crippen LogP contribution in [-0.2, 0) is 9.47 Å². The molecule has 0 unspecified atom stereocenters. The van der Waals surface area contributed by atoms with E-state index in [0.717, 1.165) is 16.7 Å². The third-order valence-corrected chi connectivity index (χ3v) is 2.88. The molecule has 1 fully saturated rings. The van der Waals surface area contributed by atoms with Crippen molar-refractivity contribution in [3.05, 3.63) is 77.7 Å². The van der Waals surface area contributed by atoms with Crippen molar-refractivity contribution in [3.63, 3.8) is 0 Å². The summed E-state index contributed by atoms with van der Waals surface area (Å²) in [5.74, 6) is 0.632. The molecule has 2 nitrogen and oxygen atoms in total. The van der Waals surface area contributed by atoms with E-state index in [0.29, 0.717) is 19.2 Å². The van der Waals surface area contributed by atoms with Crippen LogP contribution in [-0.4, -0.2) is 13.2 Å². The Bertz CT molecular complexity index is 494. The third kappa shape index (κ3) is 2.09. The molecule has 0 amide bonds. The number of benzene rings is 2. The van der Waals surface area contributed by atoms with Crippen LogP contribution in [0.15, 0.2) is 66.6 Å². The monoisotopic (exact) mass is 238 g/mol. The Hall–Kier alpha value is -2.22. The summed E-state index contributed by atoms with van der Waals surface area (Å²) in [5.41, 5.74) is 3.25. The molecule has 0 bridgehead atoms. The van der Waals surface area contributed by atoms with Crippen LogP contribution in [0.5, 0.6) is 0 Å². The van der Waals surface area contributed by atoms with Crippen molar-refractivity contribution in [2.45, 2.75) is 0 Å². The van der Waals surface area contributed by atoms with Gasteiger partial charge in [-0.3, -0.25) is 0 Å². The van der Waals surface area contributed by atoms with Crippen LogP contribution in [0, 0.1) is 0 Å². The van der Waals surface area contributed by atoms with Crippen molar-refractivity contribution >= 4 is 5.57 Å². The highest BCUT2D eigenvalue weighted by Gasteiger charge is 2.18. The van der Waals surface area contributed by atoms with Gasteiger partial charge in [-0.1, -0.05) is 60.7 Å². The summed E-state index contributed by atoms with van der Waals surface area (Å²) >= 11 is 0. The van der Waals surface area contributed by atoms with E-state index in [1.54, 1.807) is 0 Å². The van der Waals surface area contributed by atoms with Gasteiger partial charge in [0, 0.05) is 0 Å². The second kappa shape index (κ2) is 4.96. The highest BCUT2D eigenvalue weighted by Crippen LogP contribution is 2.29. The standard InChI is InChI=1S/C16H14O2/c1-3-7-13(8-4-1)15(16-17-11-12-18-16)14-9-5-2-6-10-14/h1-10H,11-12H2. The molecule has 0 atom stereocenters. The number of rotatable bonds is 2. The summed E-state index contributed by atoms with van der Waals surface area (Å²) in [6.45, 7) is 1.25. The Morgan fingerprint density at radius 3 is 1.56 bits per heavy atom. The molecule has 0 saturated carbocycles. The molecule has 0 radical (unpaired) electrons. The van der Waals surface area contributed by atoms with Crippen molar-refractivity contribution < 1.29 is 9.47 Å². The molecule has 2 aromatic carbocycles. The van der Waals surface area contributed by atoms with Gasteiger partial charge in [-0.2, -0.15) is 0 Å². The highest BCUT2D eigenvalue weighted by atomic mass is 16.7. The lowest BCUT2D eigenvalue weighted by Crippen LogP contribution is -1.94. The molecule has 0 aromatic heterocycles. The number of hydrogen-bond donors (Lipinski definition) is 0. The van der Waals surface area contributed by atoms with Crippen molar-refractivity contribution in [3.8, 4) is 0 Å². The fraction of sp³-hybridized carbons (Fsp3) is 0.125. The summed E-state index contributed by atoms with van der Waals surface area (Å²) in [4.78, 5) is 0. The van der Waals surface area contributed by atoms with E-state index in [1.807, 2.05) is 36.4 Å². The zero-order chi connectivity index (χ0) is 12.2. The average molecular weight is 238 g/mol. The first-order valence-electron chi connectivity index (χ1n) is 6.06. The second-order valence-electron chi connectivity index (χ2n) is 4.09. The van der Waals surface area contributed by atoms with Crippen LogP contribution >= 0.6 is 0 Å². The summed E-state index contributed by atoms with van der Waals surface area (Å²) in [6.07, 6.45) is 0. The van der Waals surface area contributed by atoms with Gasteiger partial charge in [0.15, 0.2) is 0 Å². The minimum atomic E-state index is 0.624. The van der Waals surface area contributed by atoms with E-state index in [4.69, 9.17) is 9.47 Å². The maximum atomic E-state index is 5.58. The summed E-state index contributed by atoms with van der Waals surface area (Å²) in [7, 11) is 0. The molecule has 0 aliphatic carbocycles. The largest absolute Gasteiger partial charge is 0.461 e. The Morgan fingerprint density at radius 1 is 0.667 bits per heavy atom. The first kappa shape index (κ1) is 10.9. The number of ether oxygens (including phenoxy) is 2. The Labute approximate surface area is 106 Å². The topological polar surface area (TPSA) is 18.5 Å². The minimum absolute atomic E-state index is 0.624. The molecule has 3 rings (SSSR count). The van der Waals surface area contributed by atoms with E-state index in [9.17, 15) is 0 Å². The fourth-order valence-corrected chi connectivity index (χ4v) is 2.07. The van der Waals surface area contributed by atoms with Crippen LogP contribution < -0.4 is 0 Å². The third-order valence-electron chi connectivity index (χ3n) is 2.88. The van der Waals surface area contributed by atoms with E-state index >= 15 is 0 Å². The van der Waals surface area contributed by atoms with Crippen LogP contribution in [0.3, 0.4) is 0 Å². The average Bonchev–Trinajstić information content (AvgIpc) is 2.95. The second-order valence-corrected chi connectivity index (χ2v) is 4.09. The van der Waals surface area contributed by atoms with Gasteiger partial charge in [-0.25, -0.2) is 0 Å². The lowest BCUT2D eigenvalue weighted by Gasteiger charge is -2.10. The van der Waals surface area contributed by atoms with Gasteiger partial charge >= 0.3 is 0 Å². The van der Waals surface area contributed by atoms with Crippen molar-refractivity contribution in [2.75, 3.05) is 13.2 Å². The maximum absolute atomic E-state index is 5.58. The van der Waals surface area contributed by atoms with E-state index in [2.05, 4.69) is 24.3 Å². The van der Waals surface area contributed by atoms with E-state index < -0.39 is 0 Å². The maximum Gasteiger partial charge on any atom is 0.288 e. The molecular weight excluding hydrogens is 224 g/mol. The molecule has 18 heavy (non-hydrogen) atoms. The molecule has 0 N–H and O–H groups in total. The molecule has 1 aliphatic heterocycles. The van der Waals surface area contributed by atoms with Gasteiger partial charge in [-0.15, -0.1) is 0 Å². The minimum Gasteiger partial charge on any atom is -0.461 e. The quantitative estimate of drug-likeness (QED) is 0.797. The van der Waals surface area contributed by atoms with Gasteiger partial charge in [0.25, 0.3) is 5.95 Å². The smallest absolute Gasteiger partial charge is 0.288 e. The zero-order valence-corrected chi connectivity index (χ0v) is 10.0. The van der Waals surface area contributed by atoms with Crippen molar-refractivity contribution in [1.29, 1.82) is 0 Å². The zero-order valence-electron chi connectivity index (χ0n) is 10.0. The number of hydrogen-bond acceptors (Lipinski definition) is 2. The lowest BCUT2D eigenvalue weighted by molar-refractivity contribution is 0.179. The molecule has 1 aliphatic rings. The van der Waals surface area contributed by atoms with Gasteiger partial charge in [-0.05, 0) is 11.1 Å². The molecule has 1 heterocycles. The Balaban J connectivity index is 2.14. The molecule has 1 saturated heterocycles. The molecular formula is C16H14O2. The highest BCUT2D eigenvalue weighted by molar-refractivity contribution is 5.80.